The smallest absolute Gasteiger partial charge is 0.315 e. The molecule has 0 N–H and O–H groups in total. The fraction of sp³-hybridized carbons (Fsp3) is 0.500. The van der Waals surface area contributed by atoms with Crippen LogP contribution in [0.15, 0.2) is 17.5 Å². The van der Waals surface area contributed by atoms with Crippen molar-refractivity contribution in [2.24, 2.45) is 5.92 Å². The second-order valence-corrected chi connectivity index (χ2v) is 4.24. The molecule has 0 aliphatic heterocycles. The molecule has 1 aromatic rings. The lowest BCUT2D eigenvalue weighted by Crippen LogP contribution is -2.16. The van der Waals surface area contributed by atoms with Gasteiger partial charge in [-0.3, -0.25) is 4.79 Å². The van der Waals surface area contributed by atoms with Crippen LogP contribution in [0.2, 0.25) is 0 Å². The monoisotopic (exact) mass is 196 g/mol. The Morgan fingerprint density at radius 2 is 2.23 bits per heavy atom. The minimum absolute atomic E-state index is 0.0417. The van der Waals surface area contributed by atoms with Crippen LogP contribution in [0.25, 0.3) is 0 Å². The molecule has 2 nitrogen and oxygen atoms in total. The van der Waals surface area contributed by atoms with Crippen molar-refractivity contribution in [3.8, 4) is 5.06 Å². The molecule has 13 heavy (non-hydrogen) atoms. The van der Waals surface area contributed by atoms with Crippen molar-refractivity contribution < 1.29 is 9.53 Å². The molecule has 0 saturated heterocycles. The van der Waals surface area contributed by atoms with Gasteiger partial charge in [-0.1, -0.05) is 12.8 Å². The fourth-order valence-electron chi connectivity index (χ4n) is 1.67. The van der Waals surface area contributed by atoms with Crippen LogP contribution in [0.4, 0.5) is 0 Å². The first-order valence-electron chi connectivity index (χ1n) is 4.61. The third-order valence-corrected chi connectivity index (χ3v) is 3.13. The van der Waals surface area contributed by atoms with Crippen LogP contribution in [0.5, 0.6) is 5.06 Å². The van der Waals surface area contributed by atoms with Gasteiger partial charge in [-0.25, -0.2) is 0 Å². The first kappa shape index (κ1) is 8.75. The predicted octanol–water partition coefficient (Wildman–Crippen LogP) is 2.84. The van der Waals surface area contributed by atoms with E-state index in [2.05, 4.69) is 0 Å². The summed E-state index contributed by atoms with van der Waals surface area (Å²) in [6, 6.07) is 3.72. The average Bonchev–Trinajstić information content (AvgIpc) is 2.74. The van der Waals surface area contributed by atoms with Crippen molar-refractivity contribution in [1.82, 2.24) is 0 Å². The normalized spacial score (nSPS) is 17.5. The molecule has 1 aliphatic rings. The highest BCUT2D eigenvalue weighted by Gasteiger charge is 2.24. The predicted molar refractivity (Wildman–Crippen MR) is 51.9 cm³/mol. The highest BCUT2D eigenvalue weighted by molar-refractivity contribution is 7.11. The maximum absolute atomic E-state index is 11.5. The van der Waals surface area contributed by atoms with Gasteiger partial charge < -0.3 is 4.74 Å². The lowest BCUT2D eigenvalue weighted by atomic mass is 10.1. The van der Waals surface area contributed by atoms with Crippen molar-refractivity contribution in [3.05, 3.63) is 17.5 Å². The molecule has 1 saturated carbocycles. The van der Waals surface area contributed by atoms with Gasteiger partial charge in [-0.15, -0.1) is 11.3 Å². The highest BCUT2D eigenvalue weighted by Crippen LogP contribution is 2.27. The number of hydrogen-bond donors (Lipinski definition) is 0. The number of ether oxygens (including phenoxy) is 1. The summed E-state index contributed by atoms with van der Waals surface area (Å²) in [6.07, 6.45) is 4.35. The second kappa shape index (κ2) is 3.92. The van der Waals surface area contributed by atoms with E-state index in [4.69, 9.17) is 4.74 Å². The van der Waals surface area contributed by atoms with Crippen LogP contribution < -0.4 is 4.74 Å². The zero-order valence-electron chi connectivity index (χ0n) is 7.36. The molecule has 1 aromatic heterocycles. The molecule has 1 heterocycles. The Morgan fingerprint density at radius 1 is 1.46 bits per heavy atom. The van der Waals surface area contributed by atoms with Crippen LogP contribution in [0, 0.1) is 5.92 Å². The molecule has 70 valence electrons. The third kappa shape index (κ3) is 2.10. The summed E-state index contributed by atoms with van der Waals surface area (Å²) in [5.41, 5.74) is 0. The molecule has 0 unspecified atom stereocenters. The van der Waals surface area contributed by atoms with Crippen molar-refractivity contribution in [1.29, 1.82) is 0 Å². The lowest BCUT2D eigenvalue weighted by molar-refractivity contribution is -0.138. The molecular formula is C10H12O2S. The SMILES string of the molecule is O=C(Oc1cccs1)C1CCCC1. The quantitative estimate of drug-likeness (QED) is 0.680. The van der Waals surface area contributed by atoms with E-state index in [1.54, 1.807) is 0 Å². The van der Waals surface area contributed by atoms with E-state index in [1.165, 1.54) is 24.2 Å². The van der Waals surface area contributed by atoms with Gasteiger partial charge in [0.25, 0.3) is 0 Å². The van der Waals surface area contributed by atoms with Crippen molar-refractivity contribution in [2.75, 3.05) is 0 Å². The van der Waals surface area contributed by atoms with E-state index in [1.807, 2.05) is 17.5 Å². The number of carbonyl (C=O) groups is 1. The molecule has 0 spiro atoms. The number of carbonyl (C=O) groups excluding carboxylic acids is 1. The fourth-order valence-corrected chi connectivity index (χ4v) is 2.24. The van der Waals surface area contributed by atoms with Crippen LogP contribution in [-0.2, 0) is 4.79 Å². The molecule has 0 amide bonds. The lowest BCUT2D eigenvalue weighted by Gasteiger charge is -2.06. The van der Waals surface area contributed by atoms with Crippen molar-refractivity contribution >= 4 is 17.3 Å². The van der Waals surface area contributed by atoms with Crippen LogP contribution in [-0.4, -0.2) is 5.97 Å². The van der Waals surface area contributed by atoms with Crippen LogP contribution in [0.3, 0.4) is 0 Å². The summed E-state index contributed by atoms with van der Waals surface area (Å²) in [5.74, 6) is 0.113. The van der Waals surface area contributed by atoms with Gasteiger partial charge in [-0.2, -0.15) is 0 Å². The van der Waals surface area contributed by atoms with Gasteiger partial charge in [0.15, 0.2) is 5.06 Å². The number of esters is 1. The van der Waals surface area contributed by atoms with Crippen LogP contribution >= 0.6 is 11.3 Å². The molecule has 1 fully saturated rings. The van der Waals surface area contributed by atoms with Gasteiger partial charge >= 0.3 is 5.97 Å². The molecule has 1 aliphatic carbocycles. The number of hydrogen-bond acceptors (Lipinski definition) is 3. The minimum Gasteiger partial charge on any atom is -0.415 e. The third-order valence-electron chi connectivity index (χ3n) is 2.38. The Labute approximate surface area is 81.5 Å². The van der Waals surface area contributed by atoms with E-state index in [0.29, 0.717) is 0 Å². The van der Waals surface area contributed by atoms with Crippen molar-refractivity contribution in [2.45, 2.75) is 25.7 Å². The minimum atomic E-state index is -0.0417. The zero-order valence-corrected chi connectivity index (χ0v) is 8.18. The van der Waals surface area contributed by atoms with Gasteiger partial charge in [0.05, 0.1) is 5.92 Å². The Hall–Kier alpha value is -0.830. The molecule has 0 bridgehead atoms. The summed E-state index contributed by atoms with van der Waals surface area (Å²) >= 11 is 1.47. The topological polar surface area (TPSA) is 26.3 Å². The Kier molecular flexibility index (Phi) is 2.64. The first-order chi connectivity index (χ1) is 6.36. The standard InChI is InChI=1S/C10H12O2S/c11-10(8-4-1-2-5-8)12-9-6-3-7-13-9/h3,6-8H,1-2,4-5H2. The van der Waals surface area contributed by atoms with E-state index < -0.39 is 0 Å². The Morgan fingerprint density at radius 3 is 2.85 bits per heavy atom. The maximum atomic E-state index is 11.5. The molecular weight excluding hydrogens is 184 g/mol. The van der Waals surface area contributed by atoms with E-state index in [-0.39, 0.29) is 11.9 Å². The number of rotatable bonds is 2. The van der Waals surface area contributed by atoms with E-state index in [0.717, 1.165) is 17.9 Å². The first-order valence-corrected chi connectivity index (χ1v) is 5.49. The Bertz CT molecular complexity index is 273. The van der Waals surface area contributed by atoms with E-state index >= 15 is 0 Å². The summed E-state index contributed by atoms with van der Waals surface area (Å²) < 4.78 is 5.22. The molecule has 0 atom stereocenters. The molecule has 2 rings (SSSR count). The van der Waals surface area contributed by atoms with Gasteiger partial charge in [-0.05, 0) is 30.4 Å². The maximum Gasteiger partial charge on any atom is 0.315 e. The molecule has 0 aromatic carbocycles. The van der Waals surface area contributed by atoms with Gasteiger partial charge in [0.2, 0.25) is 0 Å². The van der Waals surface area contributed by atoms with E-state index in [9.17, 15) is 4.79 Å². The summed E-state index contributed by atoms with van der Waals surface area (Å²) in [4.78, 5) is 11.5. The van der Waals surface area contributed by atoms with Gasteiger partial charge in [0, 0.05) is 0 Å². The summed E-state index contributed by atoms with van der Waals surface area (Å²) in [6.45, 7) is 0. The van der Waals surface area contributed by atoms with Crippen molar-refractivity contribution in [3.63, 3.8) is 0 Å². The Balaban J connectivity index is 1.91. The van der Waals surface area contributed by atoms with Crippen LogP contribution in [0.1, 0.15) is 25.7 Å². The summed E-state index contributed by atoms with van der Waals surface area (Å²) in [7, 11) is 0. The largest absolute Gasteiger partial charge is 0.415 e. The van der Waals surface area contributed by atoms with Gasteiger partial charge in [0.1, 0.15) is 0 Å². The average molecular weight is 196 g/mol. The molecule has 3 heteroatoms. The zero-order chi connectivity index (χ0) is 9.10. The highest BCUT2D eigenvalue weighted by atomic mass is 32.1. The summed E-state index contributed by atoms with van der Waals surface area (Å²) in [5, 5.41) is 2.63. The number of thiophene rings is 1. The molecule has 0 radical (unpaired) electrons. The second-order valence-electron chi connectivity index (χ2n) is 3.33.